The van der Waals surface area contributed by atoms with Crippen molar-refractivity contribution in [2.45, 2.75) is 13.0 Å². The van der Waals surface area contributed by atoms with Gasteiger partial charge in [0.1, 0.15) is 5.56 Å². The highest BCUT2D eigenvalue weighted by Gasteiger charge is 2.24. The number of ether oxygens (including phenoxy) is 1. The second-order valence-electron chi connectivity index (χ2n) is 5.68. The number of nitrogens with zero attached hydrogens (tertiary/aromatic N) is 2. The van der Waals surface area contributed by atoms with Crippen molar-refractivity contribution < 1.29 is 19.2 Å². The van der Waals surface area contributed by atoms with Crippen LogP contribution in [0.15, 0.2) is 48.5 Å². The smallest absolute Gasteiger partial charge is 0.345 e. The van der Waals surface area contributed by atoms with Gasteiger partial charge in [-0.3, -0.25) is 14.9 Å². The van der Waals surface area contributed by atoms with Crippen LogP contribution >= 0.6 is 0 Å². The van der Waals surface area contributed by atoms with Crippen molar-refractivity contribution in [3.63, 3.8) is 0 Å². The number of hydrogen-bond acceptors (Lipinski definition) is 5. The zero-order chi connectivity index (χ0) is 17.8. The molecule has 1 amide bonds. The number of rotatable bonds is 4. The van der Waals surface area contributed by atoms with Gasteiger partial charge in [0.15, 0.2) is 6.61 Å². The maximum atomic E-state index is 12.3. The van der Waals surface area contributed by atoms with Crippen LogP contribution in [0.2, 0.25) is 0 Å². The minimum atomic E-state index is -0.877. The predicted molar refractivity (Wildman–Crippen MR) is 88.9 cm³/mol. The summed E-state index contributed by atoms with van der Waals surface area (Å²) >= 11 is 0. The van der Waals surface area contributed by atoms with Gasteiger partial charge in [0.25, 0.3) is 11.6 Å². The lowest BCUT2D eigenvalue weighted by Gasteiger charge is -2.28. The van der Waals surface area contributed by atoms with Gasteiger partial charge < -0.3 is 9.64 Å². The van der Waals surface area contributed by atoms with E-state index in [0.29, 0.717) is 13.1 Å². The molecule has 1 heterocycles. The first kappa shape index (κ1) is 16.6. The zero-order valence-corrected chi connectivity index (χ0v) is 13.4. The van der Waals surface area contributed by atoms with E-state index in [9.17, 15) is 19.7 Å². The van der Waals surface area contributed by atoms with Crippen molar-refractivity contribution in [2.75, 3.05) is 13.2 Å². The van der Waals surface area contributed by atoms with Gasteiger partial charge in [-0.2, -0.15) is 0 Å². The molecule has 0 spiro atoms. The molecule has 1 aliphatic rings. The van der Waals surface area contributed by atoms with E-state index in [-0.39, 0.29) is 17.2 Å². The summed E-state index contributed by atoms with van der Waals surface area (Å²) in [6, 6.07) is 13.4. The molecular weight excluding hydrogens is 324 g/mol. The molecule has 0 atom stereocenters. The molecule has 0 N–H and O–H groups in total. The van der Waals surface area contributed by atoms with Crippen molar-refractivity contribution >= 4 is 17.6 Å². The van der Waals surface area contributed by atoms with Crippen molar-refractivity contribution in [1.29, 1.82) is 0 Å². The van der Waals surface area contributed by atoms with E-state index >= 15 is 0 Å². The molecule has 2 aromatic rings. The van der Waals surface area contributed by atoms with Gasteiger partial charge in [0, 0.05) is 19.2 Å². The Morgan fingerprint density at radius 1 is 1.08 bits per heavy atom. The van der Waals surface area contributed by atoms with Crippen LogP contribution in [0.4, 0.5) is 5.69 Å². The molecule has 7 heteroatoms. The van der Waals surface area contributed by atoms with E-state index in [1.807, 2.05) is 24.3 Å². The second-order valence-corrected chi connectivity index (χ2v) is 5.68. The maximum Gasteiger partial charge on any atom is 0.345 e. The van der Waals surface area contributed by atoms with Crippen LogP contribution < -0.4 is 0 Å². The van der Waals surface area contributed by atoms with Crippen molar-refractivity contribution in [2.24, 2.45) is 0 Å². The molecule has 0 aliphatic carbocycles. The summed E-state index contributed by atoms with van der Waals surface area (Å²) in [5.41, 5.74) is 1.78. The Kier molecular flexibility index (Phi) is 4.74. The van der Waals surface area contributed by atoms with Crippen LogP contribution in [-0.4, -0.2) is 34.9 Å². The Hall–Kier alpha value is -3.22. The minimum absolute atomic E-state index is 0.163. The van der Waals surface area contributed by atoms with Crippen LogP contribution in [0.5, 0.6) is 0 Å². The molecule has 1 aliphatic heterocycles. The van der Waals surface area contributed by atoms with Crippen molar-refractivity contribution in [1.82, 2.24) is 4.90 Å². The van der Waals surface area contributed by atoms with E-state index < -0.39 is 17.5 Å². The van der Waals surface area contributed by atoms with Crippen molar-refractivity contribution in [3.8, 4) is 0 Å². The normalized spacial score (nSPS) is 13.0. The fourth-order valence-electron chi connectivity index (χ4n) is 2.81. The van der Waals surface area contributed by atoms with Gasteiger partial charge in [0.2, 0.25) is 0 Å². The highest BCUT2D eigenvalue weighted by molar-refractivity contribution is 5.95. The van der Waals surface area contributed by atoms with E-state index in [1.165, 1.54) is 29.8 Å². The van der Waals surface area contributed by atoms with Gasteiger partial charge >= 0.3 is 5.97 Å². The summed E-state index contributed by atoms with van der Waals surface area (Å²) < 4.78 is 4.99. The Balaban J connectivity index is 1.62. The molecule has 0 aromatic heterocycles. The molecule has 3 rings (SSSR count). The monoisotopic (exact) mass is 340 g/mol. The van der Waals surface area contributed by atoms with E-state index in [0.717, 1.165) is 12.0 Å². The number of esters is 1. The van der Waals surface area contributed by atoms with Crippen LogP contribution in [0, 0.1) is 10.1 Å². The third-order valence-electron chi connectivity index (χ3n) is 4.13. The fourth-order valence-corrected chi connectivity index (χ4v) is 2.81. The SMILES string of the molecule is O=C(OCC(=O)N1CCc2ccccc2C1)c1ccccc1[N+](=O)[O-]. The Morgan fingerprint density at radius 3 is 2.52 bits per heavy atom. The molecule has 128 valence electrons. The minimum Gasteiger partial charge on any atom is -0.452 e. The van der Waals surface area contributed by atoms with E-state index in [4.69, 9.17) is 4.74 Å². The maximum absolute atomic E-state index is 12.3. The molecule has 0 saturated carbocycles. The lowest BCUT2D eigenvalue weighted by atomic mass is 10.00. The number of amides is 1. The zero-order valence-electron chi connectivity index (χ0n) is 13.4. The Labute approximate surface area is 144 Å². The number of benzene rings is 2. The summed E-state index contributed by atoms with van der Waals surface area (Å²) in [7, 11) is 0. The molecule has 0 bridgehead atoms. The number of carbonyl (C=O) groups excluding carboxylic acids is 2. The number of nitro benzene ring substituents is 1. The number of hydrogen-bond donors (Lipinski definition) is 0. The molecular formula is C18H16N2O5. The van der Waals surface area contributed by atoms with Gasteiger partial charge in [0.05, 0.1) is 4.92 Å². The average Bonchev–Trinajstić information content (AvgIpc) is 2.65. The first-order valence-electron chi connectivity index (χ1n) is 7.81. The summed E-state index contributed by atoms with van der Waals surface area (Å²) in [5, 5.41) is 11.0. The number of fused-ring (bicyclic) bond motifs is 1. The first-order valence-corrected chi connectivity index (χ1v) is 7.81. The third kappa shape index (κ3) is 3.65. The fraction of sp³-hybridized carbons (Fsp3) is 0.222. The van der Waals surface area contributed by atoms with Crippen LogP contribution in [0.1, 0.15) is 21.5 Å². The Bertz CT molecular complexity index is 834. The highest BCUT2D eigenvalue weighted by atomic mass is 16.6. The van der Waals surface area contributed by atoms with Gasteiger partial charge in [-0.15, -0.1) is 0 Å². The average molecular weight is 340 g/mol. The molecule has 2 aromatic carbocycles. The third-order valence-corrected chi connectivity index (χ3v) is 4.13. The number of para-hydroxylation sites is 1. The topological polar surface area (TPSA) is 89.8 Å². The highest BCUT2D eigenvalue weighted by Crippen LogP contribution is 2.20. The van der Waals surface area contributed by atoms with Gasteiger partial charge in [-0.1, -0.05) is 36.4 Å². The summed E-state index contributed by atoms with van der Waals surface area (Å²) in [4.78, 5) is 36.3. The standard InChI is InChI=1S/C18H16N2O5/c21-17(19-10-9-13-5-1-2-6-14(13)11-19)12-25-18(22)15-7-3-4-8-16(15)20(23)24/h1-8H,9-12H2. The summed E-state index contributed by atoms with van der Waals surface area (Å²) in [5.74, 6) is -1.19. The van der Waals surface area contributed by atoms with E-state index in [1.54, 1.807) is 4.90 Å². The summed E-state index contributed by atoms with van der Waals surface area (Å²) in [6.45, 7) is 0.587. The van der Waals surface area contributed by atoms with Crippen molar-refractivity contribution in [3.05, 3.63) is 75.3 Å². The predicted octanol–water partition coefficient (Wildman–Crippen LogP) is 2.34. The molecule has 0 radical (unpaired) electrons. The molecule has 0 saturated heterocycles. The summed E-state index contributed by atoms with van der Waals surface area (Å²) in [6.07, 6.45) is 0.750. The first-order chi connectivity index (χ1) is 12.1. The quantitative estimate of drug-likeness (QED) is 0.484. The number of carbonyl (C=O) groups is 2. The van der Waals surface area contributed by atoms with Crippen LogP contribution in [-0.2, 0) is 22.5 Å². The number of nitro groups is 1. The lowest BCUT2D eigenvalue weighted by Crippen LogP contribution is -2.38. The van der Waals surface area contributed by atoms with E-state index in [2.05, 4.69) is 0 Å². The second kappa shape index (κ2) is 7.12. The van der Waals surface area contributed by atoms with Crippen LogP contribution in [0.25, 0.3) is 0 Å². The van der Waals surface area contributed by atoms with Gasteiger partial charge in [-0.25, -0.2) is 4.79 Å². The van der Waals surface area contributed by atoms with Gasteiger partial charge in [-0.05, 0) is 23.6 Å². The largest absolute Gasteiger partial charge is 0.452 e. The molecule has 25 heavy (non-hydrogen) atoms. The lowest BCUT2D eigenvalue weighted by molar-refractivity contribution is -0.385. The molecule has 7 nitrogen and oxygen atoms in total. The Morgan fingerprint density at radius 2 is 1.76 bits per heavy atom. The molecule has 0 fully saturated rings. The molecule has 0 unspecified atom stereocenters. The van der Waals surface area contributed by atoms with Crippen LogP contribution in [0.3, 0.4) is 0 Å².